The van der Waals surface area contributed by atoms with E-state index in [1.54, 1.807) is 19.1 Å². The Kier molecular flexibility index (Phi) is 5.08. The molecule has 0 bridgehead atoms. The van der Waals surface area contributed by atoms with Gasteiger partial charge in [-0.1, -0.05) is 12.1 Å². The van der Waals surface area contributed by atoms with Gasteiger partial charge in [0.15, 0.2) is 0 Å². The number of non-ortho nitro benzene ring substituents is 1. The largest absolute Gasteiger partial charge is 0.495 e. The van der Waals surface area contributed by atoms with Crippen LogP contribution < -0.4 is 9.04 Å². The number of hydrogen-bond donors (Lipinski definition) is 0. The number of methoxy groups -OCH3 is 1. The van der Waals surface area contributed by atoms with Crippen LogP contribution in [0.4, 0.5) is 11.4 Å². The Morgan fingerprint density at radius 3 is 2.50 bits per heavy atom. The molecule has 0 aromatic heterocycles. The van der Waals surface area contributed by atoms with Crippen molar-refractivity contribution in [3.8, 4) is 5.75 Å². The highest BCUT2D eigenvalue weighted by Crippen LogP contribution is 2.33. The lowest BCUT2D eigenvalue weighted by Gasteiger charge is -2.25. The van der Waals surface area contributed by atoms with Gasteiger partial charge in [-0.05, 0) is 37.6 Å². The Balaban J connectivity index is 2.60. The number of hydrogen-bond acceptors (Lipinski definition) is 5. The van der Waals surface area contributed by atoms with E-state index in [-0.39, 0.29) is 17.1 Å². The van der Waals surface area contributed by atoms with Gasteiger partial charge in [-0.25, -0.2) is 8.42 Å². The third kappa shape index (κ3) is 3.33. The van der Waals surface area contributed by atoms with Crippen LogP contribution in [-0.2, 0) is 10.0 Å². The molecule has 24 heavy (non-hydrogen) atoms. The first-order chi connectivity index (χ1) is 11.3. The zero-order valence-electron chi connectivity index (χ0n) is 13.6. The maximum atomic E-state index is 13.0. The quantitative estimate of drug-likeness (QED) is 0.590. The fraction of sp³-hybridized carbons (Fsp3) is 0.250. The van der Waals surface area contributed by atoms with Gasteiger partial charge in [-0.15, -0.1) is 0 Å². The Morgan fingerprint density at radius 2 is 1.92 bits per heavy atom. The van der Waals surface area contributed by atoms with E-state index in [1.165, 1.54) is 29.6 Å². The summed E-state index contributed by atoms with van der Waals surface area (Å²) in [4.78, 5) is 10.2. The molecule has 0 aliphatic heterocycles. The van der Waals surface area contributed by atoms with Crippen LogP contribution in [0.3, 0.4) is 0 Å². The molecule has 8 heteroatoms. The van der Waals surface area contributed by atoms with E-state index < -0.39 is 14.9 Å². The van der Waals surface area contributed by atoms with E-state index in [4.69, 9.17) is 4.74 Å². The molecular formula is C16H18N2O5S. The fourth-order valence-corrected chi connectivity index (χ4v) is 3.87. The van der Waals surface area contributed by atoms with Crippen molar-refractivity contribution in [2.24, 2.45) is 0 Å². The van der Waals surface area contributed by atoms with Gasteiger partial charge in [0.05, 0.1) is 22.6 Å². The third-order valence-electron chi connectivity index (χ3n) is 3.51. The van der Waals surface area contributed by atoms with Crippen molar-refractivity contribution in [3.63, 3.8) is 0 Å². The smallest absolute Gasteiger partial charge is 0.270 e. The molecule has 0 aliphatic carbocycles. The molecule has 0 fully saturated rings. The van der Waals surface area contributed by atoms with Crippen molar-refractivity contribution in [3.05, 3.63) is 58.1 Å². The molecular weight excluding hydrogens is 332 g/mol. The zero-order valence-corrected chi connectivity index (χ0v) is 14.4. The van der Waals surface area contributed by atoms with Crippen molar-refractivity contribution >= 4 is 21.4 Å². The highest BCUT2D eigenvalue weighted by atomic mass is 32.2. The Bertz CT molecular complexity index is 865. The molecule has 0 heterocycles. The number of nitro benzene ring substituents is 1. The zero-order chi connectivity index (χ0) is 17.9. The van der Waals surface area contributed by atoms with Gasteiger partial charge in [0.2, 0.25) is 0 Å². The maximum Gasteiger partial charge on any atom is 0.270 e. The van der Waals surface area contributed by atoms with E-state index in [2.05, 4.69) is 0 Å². The van der Waals surface area contributed by atoms with Crippen LogP contribution in [0.5, 0.6) is 5.75 Å². The lowest BCUT2D eigenvalue weighted by atomic mass is 10.2. The van der Waals surface area contributed by atoms with E-state index in [0.717, 1.165) is 11.6 Å². The molecule has 0 atom stereocenters. The molecule has 128 valence electrons. The van der Waals surface area contributed by atoms with Crippen molar-refractivity contribution in [2.75, 3.05) is 18.0 Å². The molecule has 0 saturated heterocycles. The van der Waals surface area contributed by atoms with Gasteiger partial charge in [0.1, 0.15) is 5.75 Å². The number of nitro groups is 1. The first kappa shape index (κ1) is 17.7. The second kappa shape index (κ2) is 6.88. The second-order valence-electron chi connectivity index (χ2n) is 5.10. The average molecular weight is 350 g/mol. The molecule has 0 radical (unpaired) electrons. The van der Waals surface area contributed by atoms with E-state index in [0.29, 0.717) is 11.4 Å². The maximum absolute atomic E-state index is 13.0. The third-order valence-corrected chi connectivity index (χ3v) is 5.39. The summed E-state index contributed by atoms with van der Waals surface area (Å²) in [6.07, 6.45) is 0. The molecule has 0 saturated carbocycles. The molecule has 2 aromatic carbocycles. The van der Waals surface area contributed by atoms with E-state index in [9.17, 15) is 18.5 Å². The predicted octanol–water partition coefficient (Wildman–Crippen LogP) is 3.13. The first-order valence-corrected chi connectivity index (χ1v) is 8.67. The van der Waals surface area contributed by atoms with Gasteiger partial charge in [0.25, 0.3) is 15.7 Å². The van der Waals surface area contributed by atoms with Crippen LogP contribution in [0.2, 0.25) is 0 Å². The monoisotopic (exact) mass is 350 g/mol. The SMILES string of the molecule is CCN(c1cc(C)ccc1OC)S(=O)(=O)c1cccc([N+](=O)[O-])c1. The molecule has 2 rings (SSSR count). The van der Waals surface area contributed by atoms with E-state index in [1.807, 2.05) is 13.0 Å². The van der Waals surface area contributed by atoms with Crippen molar-refractivity contribution in [1.82, 2.24) is 0 Å². The van der Waals surface area contributed by atoms with Crippen LogP contribution in [0.15, 0.2) is 47.4 Å². The van der Waals surface area contributed by atoms with E-state index >= 15 is 0 Å². The molecule has 7 nitrogen and oxygen atoms in total. The number of sulfonamides is 1. The minimum absolute atomic E-state index is 0.137. The summed E-state index contributed by atoms with van der Waals surface area (Å²) < 4.78 is 32.4. The van der Waals surface area contributed by atoms with Crippen LogP contribution in [0.1, 0.15) is 12.5 Å². The molecule has 0 aliphatic rings. The summed E-state index contributed by atoms with van der Waals surface area (Å²) in [6, 6.07) is 10.2. The topological polar surface area (TPSA) is 89.8 Å². The lowest BCUT2D eigenvalue weighted by Crippen LogP contribution is -2.31. The summed E-state index contributed by atoms with van der Waals surface area (Å²) in [5.74, 6) is 0.413. The Hall–Kier alpha value is -2.61. The molecule has 2 aromatic rings. The van der Waals surface area contributed by atoms with Crippen molar-refractivity contribution < 1.29 is 18.1 Å². The van der Waals surface area contributed by atoms with Gasteiger partial charge in [0, 0.05) is 18.7 Å². The van der Waals surface area contributed by atoms with Gasteiger partial charge >= 0.3 is 0 Å². The van der Waals surface area contributed by atoms with Gasteiger partial charge in [-0.3, -0.25) is 14.4 Å². The first-order valence-electron chi connectivity index (χ1n) is 7.23. The molecule has 0 unspecified atom stereocenters. The predicted molar refractivity (Wildman–Crippen MR) is 91.0 cm³/mol. The number of ether oxygens (including phenoxy) is 1. The highest BCUT2D eigenvalue weighted by molar-refractivity contribution is 7.92. The number of nitrogens with zero attached hydrogens (tertiary/aromatic N) is 2. The summed E-state index contributed by atoms with van der Waals surface area (Å²) >= 11 is 0. The number of rotatable bonds is 6. The fourth-order valence-electron chi connectivity index (χ4n) is 2.35. The van der Waals surface area contributed by atoms with Gasteiger partial charge in [-0.2, -0.15) is 0 Å². The summed E-state index contributed by atoms with van der Waals surface area (Å²) in [5, 5.41) is 10.9. The average Bonchev–Trinajstić information content (AvgIpc) is 2.55. The molecule has 0 amide bonds. The lowest BCUT2D eigenvalue weighted by molar-refractivity contribution is -0.385. The summed E-state index contributed by atoms with van der Waals surface area (Å²) in [6.45, 7) is 3.69. The minimum Gasteiger partial charge on any atom is -0.495 e. The second-order valence-corrected chi connectivity index (χ2v) is 6.96. The molecule has 0 N–H and O–H groups in total. The number of benzene rings is 2. The van der Waals surface area contributed by atoms with Crippen LogP contribution in [0, 0.1) is 17.0 Å². The van der Waals surface area contributed by atoms with Crippen molar-refractivity contribution in [1.29, 1.82) is 0 Å². The Morgan fingerprint density at radius 1 is 1.21 bits per heavy atom. The Labute approximate surface area is 140 Å². The standard InChI is InChI=1S/C16H18N2O5S/c1-4-17(15-10-12(2)8-9-16(15)23-3)24(21,22)14-7-5-6-13(11-14)18(19)20/h5-11H,4H2,1-3H3. The van der Waals surface area contributed by atoms with Crippen molar-refractivity contribution in [2.45, 2.75) is 18.7 Å². The van der Waals surface area contributed by atoms with Gasteiger partial charge < -0.3 is 4.74 Å². The van der Waals surface area contributed by atoms with Crippen LogP contribution in [0.25, 0.3) is 0 Å². The highest BCUT2D eigenvalue weighted by Gasteiger charge is 2.27. The normalized spacial score (nSPS) is 11.1. The molecule has 0 spiro atoms. The van der Waals surface area contributed by atoms with Crippen LogP contribution >= 0.6 is 0 Å². The summed E-state index contributed by atoms with van der Waals surface area (Å²) in [7, 11) is -2.50. The minimum atomic E-state index is -3.96. The number of aryl methyl sites for hydroxylation is 1. The van der Waals surface area contributed by atoms with Crippen LogP contribution in [-0.4, -0.2) is 27.0 Å². The summed E-state index contributed by atoms with van der Waals surface area (Å²) in [5.41, 5.74) is 0.994. The number of anilines is 1.